The van der Waals surface area contributed by atoms with Gasteiger partial charge in [-0.2, -0.15) is 0 Å². The number of carbonyl (C=O) groups is 3. The zero-order valence-electron chi connectivity index (χ0n) is 16.7. The van der Waals surface area contributed by atoms with E-state index >= 15 is 0 Å². The monoisotopic (exact) mass is 403 g/mol. The van der Waals surface area contributed by atoms with Crippen LogP contribution in [0.25, 0.3) is 0 Å². The van der Waals surface area contributed by atoms with Crippen LogP contribution < -0.4 is 11.1 Å². The van der Waals surface area contributed by atoms with E-state index in [1.807, 2.05) is 30.3 Å². The van der Waals surface area contributed by atoms with Gasteiger partial charge >= 0.3 is 5.97 Å². The summed E-state index contributed by atoms with van der Waals surface area (Å²) < 4.78 is 10.2. The van der Waals surface area contributed by atoms with Crippen LogP contribution in [-0.4, -0.2) is 61.6 Å². The SMILES string of the molecule is COC(=O)[C@@H]1CCCN1C(=O)/C=C/CCNC(=O)[C@@H](N)COCc1ccccc1. The second-order valence-corrected chi connectivity index (χ2v) is 6.80. The fraction of sp³-hybridized carbons (Fsp3) is 0.476. The summed E-state index contributed by atoms with van der Waals surface area (Å²) in [6, 6.07) is 8.38. The molecule has 3 N–H and O–H groups in total. The molecule has 1 heterocycles. The quantitative estimate of drug-likeness (QED) is 0.339. The molecule has 2 atom stereocenters. The van der Waals surface area contributed by atoms with Gasteiger partial charge in [-0.3, -0.25) is 9.59 Å². The van der Waals surface area contributed by atoms with E-state index in [1.54, 1.807) is 6.08 Å². The van der Waals surface area contributed by atoms with Crippen LogP contribution in [0, 0.1) is 0 Å². The molecule has 0 saturated carbocycles. The van der Waals surface area contributed by atoms with E-state index in [9.17, 15) is 14.4 Å². The molecule has 0 aliphatic carbocycles. The Balaban J connectivity index is 1.62. The zero-order valence-corrected chi connectivity index (χ0v) is 16.7. The van der Waals surface area contributed by atoms with Gasteiger partial charge in [0.1, 0.15) is 12.1 Å². The Bertz CT molecular complexity index is 708. The van der Waals surface area contributed by atoms with Crippen LogP contribution >= 0.6 is 0 Å². The van der Waals surface area contributed by atoms with Gasteiger partial charge in [0, 0.05) is 13.1 Å². The number of likely N-dealkylation sites (tertiary alicyclic amines) is 1. The molecule has 1 fully saturated rings. The van der Waals surface area contributed by atoms with Crippen LogP contribution in [0.5, 0.6) is 0 Å². The van der Waals surface area contributed by atoms with Crippen molar-refractivity contribution < 1.29 is 23.9 Å². The summed E-state index contributed by atoms with van der Waals surface area (Å²) in [5, 5.41) is 2.72. The molecule has 0 unspecified atom stereocenters. The average molecular weight is 403 g/mol. The molecular formula is C21H29N3O5. The number of ether oxygens (including phenoxy) is 2. The summed E-state index contributed by atoms with van der Waals surface area (Å²) in [5.41, 5.74) is 6.84. The van der Waals surface area contributed by atoms with Crippen molar-refractivity contribution in [2.75, 3.05) is 26.8 Å². The molecule has 0 aromatic heterocycles. The van der Waals surface area contributed by atoms with Crippen molar-refractivity contribution in [3.63, 3.8) is 0 Å². The number of amides is 2. The van der Waals surface area contributed by atoms with Gasteiger partial charge in [-0.15, -0.1) is 0 Å². The zero-order chi connectivity index (χ0) is 21.1. The number of hydrogen-bond acceptors (Lipinski definition) is 6. The molecule has 1 aromatic rings. The third-order valence-electron chi connectivity index (χ3n) is 4.63. The summed E-state index contributed by atoms with van der Waals surface area (Å²) in [6.45, 7) is 1.42. The van der Waals surface area contributed by atoms with Crippen LogP contribution in [0.15, 0.2) is 42.5 Å². The molecule has 8 nitrogen and oxygen atoms in total. The molecule has 1 aromatic carbocycles. The molecule has 1 aliphatic rings. The summed E-state index contributed by atoms with van der Waals surface area (Å²) in [7, 11) is 1.32. The Morgan fingerprint density at radius 1 is 1.31 bits per heavy atom. The second kappa shape index (κ2) is 12.0. The van der Waals surface area contributed by atoms with E-state index in [0.717, 1.165) is 12.0 Å². The molecule has 2 amide bonds. The molecule has 0 spiro atoms. The summed E-state index contributed by atoms with van der Waals surface area (Å²) >= 11 is 0. The maximum atomic E-state index is 12.2. The van der Waals surface area contributed by atoms with E-state index in [1.165, 1.54) is 18.1 Å². The summed E-state index contributed by atoms with van der Waals surface area (Å²) in [5.74, 6) is -0.918. The van der Waals surface area contributed by atoms with Gasteiger partial charge in [-0.25, -0.2) is 4.79 Å². The number of esters is 1. The number of nitrogens with two attached hydrogens (primary N) is 1. The number of nitrogens with one attached hydrogen (secondary N) is 1. The number of benzene rings is 1. The standard InChI is InChI=1S/C21H29N3O5/c1-28-21(27)18-10-7-13-24(18)19(25)11-5-6-12-23-20(26)17(22)15-29-14-16-8-3-2-4-9-16/h2-5,8-9,11,17-18H,6-7,10,12-15,22H2,1H3,(H,23,26)/b11-5+/t17-,18-/m0/s1. The third kappa shape index (κ3) is 7.32. The van der Waals surface area contributed by atoms with E-state index in [2.05, 4.69) is 5.32 Å². The molecule has 29 heavy (non-hydrogen) atoms. The predicted molar refractivity (Wildman–Crippen MR) is 108 cm³/mol. The molecule has 158 valence electrons. The van der Waals surface area contributed by atoms with Crippen LogP contribution in [0.4, 0.5) is 0 Å². The minimum Gasteiger partial charge on any atom is -0.467 e. The first kappa shape index (κ1) is 22.6. The maximum Gasteiger partial charge on any atom is 0.328 e. The number of nitrogens with zero attached hydrogens (tertiary/aromatic N) is 1. The number of hydrogen-bond donors (Lipinski definition) is 2. The van der Waals surface area contributed by atoms with Crippen molar-refractivity contribution in [2.45, 2.75) is 38.0 Å². The maximum absolute atomic E-state index is 12.2. The van der Waals surface area contributed by atoms with Crippen molar-refractivity contribution in [2.24, 2.45) is 5.73 Å². The van der Waals surface area contributed by atoms with Gasteiger partial charge in [-0.1, -0.05) is 36.4 Å². The summed E-state index contributed by atoms with van der Waals surface area (Å²) in [6.07, 6.45) is 4.97. The normalized spacial score (nSPS) is 17.3. The van der Waals surface area contributed by atoms with E-state index < -0.39 is 12.1 Å². The van der Waals surface area contributed by atoms with Crippen LogP contribution in [0.2, 0.25) is 0 Å². The second-order valence-electron chi connectivity index (χ2n) is 6.80. The van der Waals surface area contributed by atoms with Crippen molar-refractivity contribution >= 4 is 17.8 Å². The molecule has 0 bridgehead atoms. The van der Waals surface area contributed by atoms with E-state index in [4.69, 9.17) is 15.2 Å². The van der Waals surface area contributed by atoms with Crippen molar-refractivity contribution in [1.29, 1.82) is 0 Å². The number of methoxy groups -OCH3 is 1. The van der Waals surface area contributed by atoms with Crippen molar-refractivity contribution in [3.05, 3.63) is 48.0 Å². The Morgan fingerprint density at radius 3 is 2.79 bits per heavy atom. The molecule has 2 rings (SSSR count). The van der Waals surface area contributed by atoms with Gasteiger partial charge in [0.2, 0.25) is 11.8 Å². The first-order chi connectivity index (χ1) is 14.0. The Hall–Kier alpha value is -2.71. The fourth-order valence-corrected chi connectivity index (χ4v) is 3.05. The van der Waals surface area contributed by atoms with E-state index in [-0.39, 0.29) is 24.4 Å². The lowest BCUT2D eigenvalue weighted by molar-refractivity contribution is -0.149. The van der Waals surface area contributed by atoms with E-state index in [0.29, 0.717) is 32.5 Å². The minimum absolute atomic E-state index is 0.124. The largest absolute Gasteiger partial charge is 0.467 e. The molecule has 1 aliphatic heterocycles. The highest BCUT2D eigenvalue weighted by molar-refractivity contribution is 5.92. The van der Waals surface area contributed by atoms with Gasteiger partial charge in [0.25, 0.3) is 0 Å². The third-order valence-corrected chi connectivity index (χ3v) is 4.63. The Labute approximate surface area is 171 Å². The molecule has 8 heteroatoms. The minimum atomic E-state index is -0.755. The van der Waals surface area contributed by atoms with Gasteiger partial charge in [0.15, 0.2) is 0 Å². The summed E-state index contributed by atoms with van der Waals surface area (Å²) in [4.78, 5) is 37.4. The smallest absolute Gasteiger partial charge is 0.328 e. The highest BCUT2D eigenvalue weighted by atomic mass is 16.5. The lowest BCUT2D eigenvalue weighted by Gasteiger charge is -2.20. The highest BCUT2D eigenvalue weighted by Gasteiger charge is 2.33. The van der Waals surface area contributed by atoms with Crippen molar-refractivity contribution in [1.82, 2.24) is 10.2 Å². The fourth-order valence-electron chi connectivity index (χ4n) is 3.05. The van der Waals surface area contributed by atoms with Gasteiger partial charge in [-0.05, 0) is 30.9 Å². The number of rotatable bonds is 10. The highest BCUT2D eigenvalue weighted by Crippen LogP contribution is 2.18. The number of carbonyl (C=O) groups excluding carboxylic acids is 3. The van der Waals surface area contributed by atoms with Gasteiger partial charge in [0.05, 0.1) is 20.3 Å². The van der Waals surface area contributed by atoms with Gasteiger partial charge < -0.3 is 25.4 Å². The van der Waals surface area contributed by atoms with Crippen LogP contribution in [-0.2, 0) is 30.5 Å². The first-order valence-corrected chi connectivity index (χ1v) is 9.73. The topological polar surface area (TPSA) is 111 Å². The average Bonchev–Trinajstić information content (AvgIpc) is 3.23. The van der Waals surface area contributed by atoms with Crippen LogP contribution in [0.3, 0.4) is 0 Å². The molecule has 0 radical (unpaired) electrons. The van der Waals surface area contributed by atoms with Crippen LogP contribution in [0.1, 0.15) is 24.8 Å². The predicted octanol–water partition coefficient (Wildman–Crippen LogP) is 0.757. The Morgan fingerprint density at radius 2 is 2.07 bits per heavy atom. The molecular weight excluding hydrogens is 374 g/mol. The lowest BCUT2D eigenvalue weighted by atomic mass is 10.2. The first-order valence-electron chi connectivity index (χ1n) is 9.73. The van der Waals surface area contributed by atoms with Crippen molar-refractivity contribution in [3.8, 4) is 0 Å². The lowest BCUT2D eigenvalue weighted by Crippen LogP contribution is -2.43. The Kier molecular flexibility index (Phi) is 9.33. The molecule has 1 saturated heterocycles.